The monoisotopic (exact) mass is 554 g/mol. The summed E-state index contributed by atoms with van der Waals surface area (Å²) in [5.74, 6) is 1.70. The van der Waals surface area contributed by atoms with Crippen LogP contribution in [0.2, 0.25) is 0 Å². The minimum atomic E-state index is -0.00746. The van der Waals surface area contributed by atoms with Crippen LogP contribution in [0.1, 0.15) is 17.4 Å². The van der Waals surface area contributed by atoms with Crippen LogP contribution in [0, 0.1) is 0 Å². The average Bonchev–Trinajstić information content (AvgIpc) is 3.44. The minimum absolute atomic E-state index is 0. The maximum atomic E-state index is 5.94. The van der Waals surface area contributed by atoms with Crippen molar-refractivity contribution in [1.29, 1.82) is 0 Å². The molecule has 1 unspecified atom stereocenters. The van der Waals surface area contributed by atoms with Crippen LogP contribution >= 0.6 is 35.3 Å². The first-order chi connectivity index (χ1) is 14.7. The molecule has 4 rings (SSSR count). The summed E-state index contributed by atoms with van der Waals surface area (Å²) < 4.78 is 13.0. The summed E-state index contributed by atoms with van der Waals surface area (Å²) in [4.78, 5) is 11.4. The second-order valence-corrected chi connectivity index (χ2v) is 7.88. The molecule has 0 spiro atoms. The molecule has 1 aromatic carbocycles. The third kappa shape index (κ3) is 5.74. The number of aryl methyl sites for hydroxylation is 1. The third-order valence-electron chi connectivity index (χ3n) is 4.99. The van der Waals surface area contributed by atoms with Crippen LogP contribution < -0.4 is 10.1 Å². The van der Waals surface area contributed by atoms with Gasteiger partial charge in [0, 0.05) is 43.3 Å². The molecule has 1 atom stereocenters. The summed E-state index contributed by atoms with van der Waals surface area (Å²) >= 11 is 1.64. The van der Waals surface area contributed by atoms with Crippen molar-refractivity contribution in [2.75, 3.05) is 33.9 Å². The first-order valence-corrected chi connectivity index (χ1v) is 10.7. The van der Waals surface area contributed by atoms with E-state index >= 15 is 0 Å². The van der Waals surface area contributed by atoms with Crippen molar-refractivity contribution in [3.8, 4) is 16.3 Å². The Morgan fingerprint density at radius 3 is 2.84 bits per heavy atom. The first-order valence-electron chi connectivity index (χ1n) is 9.81. The maximum Gasteiger partial charge on any atom is 0.194 e. The number of nitrogens with zero attached hydrogens (tertiary/aromatic N) is 5. The Balaban J connectivity index is 0.00000272. The number of aliphatic imine (C=N–C) groups is 1. The van der Waals surface area contributed by atoms with Crippen molar-refractivity contribution in [2.45, 2.75) is 12.6 Å². The van der Waals surface area contributed by atoms with Gasteiger partial charge in [0.25, 0.3) is 0 Å². The highest BCUT2D eigenvalue weighted by atomic mass is 127. The molecule has 0 bridgehead atoms. The molecule has 2 aromatic heterocycles. The van der Waals surface area contributed by atoms with Gasteiger partial charge in [0.1, 0.15) is 16.9 Å². The van der Waals surface area contributed by atoms with E-state index in [9.17, 15) is 0 Å². The Labute approximate surface area is 203 Å². The van der Waals surface area contributed by atoms with Crippen LogP contribution in [0.3, 0.4) is 0 Å². The number of rotatable bonds is 5. The van der Waals surface area contributed by atoms with Crippen LogP contribution in [0.15, 0.2) is 47.0 Å². The number of morpholine rings is 1. The van der Waals surface area contributed by atoms with Crippen LogP contribution in [-0.4, -0.2) is 59.5 Å². The number of benzene rings is 1. The van der Waals surface area contributed by atoms with E-state index in [0.717, 1.165) is 46.6 Å². The van der Waals surface area contributed by atoms with Gasteiger partial charge in [0.15, 0.2) is 5.96 Å². The van der Waals surface area contributed by atoms with E-state index in [1.807, 2.05) is 43.7 Å². The molecule has 0 radical (unpaired) electrons. The van der Waals surface area contributed by atoms with Crippen molar-refractivity contribution < 1.29 is 9.47 Å². The van der Waals surface area contributed by atoms with Crippen molar-refractivity contribution in [1.82, 2.24) is 25.0 Å². The zero-order valence-electron chi connectivity index (χ0n) is 17.8. The third-order valence-corrected chi connectivity index (χ3v) is 5.93. The number of halogens is 1. The van der Waals surface area contributed by atoms with Gasteiger partial charge in [-0.25, -0.2) is 4.98 Å². The first kappa shape index (κ1) is 23.5. The Hall–Kier alpha value is -2.18. The molecule has 1 saturated heterocycles. The molecule has 10 heteroatoms. The van der Waals surface area contributed by atoms with Gasteiger partial charge < -0.3 is 19.7 Å². The molecule has 3 heterocycles. The smallest absolute Gasteiger partial charge is 0.194 e. The maximum absolute atomic E-state index is 5.94. The molecule has 8 nitrogen and oxygen atoms in total. The second-order valence-electron chi connectivity index (χ2n) is 7.03. The Kier molecular flexibility index (Phi) is 8.27. The standard InChI is InChI=1S/C21H26N6O2S.HI/c1-22-21(27-8-9-29-19(13-27)16-10-24-26(2)12-16)23-11-17-14-30-20(25-17)15-4-6-18(28-3)7-5-15;/h4-7,10,12,14,19H,8-9,11,13H2,1-3H3,(H,22,23);1H. The highest BCUT2D eigenvalue weighted by Gasteiger charge is 2.25. The van der Waals surface area contributed by atoms with E-state index in [-0.39, 0.29) is 30.1 Å². The largest absolute Gasteiger partial charge is 0.497 e. The summed E-state index contributed by atoms with van der Waals surface area (Å²) in [6.07, 6.45) is 3.85. The van der Waals surface area contributed by atoms with Crippen molar-refractivity contribution in [2.24, 2.45) is 12.0 Å². The summed E-state index contributed by atoms with van der Waals surface area (Å²) in [6, 6.07) is 7.96. The number of methoxy groups -OCH3 is 1. The van der Waals surface area contributed by atoms with Crippen molar-refractivity contribution in [3.63, 3.8) is 0 Å². The lowest BCUT2D eigenvalue weighted by atomic mass is 10.1. The van der Waals surface area contributed by atoms with E-state index in [2.05, 4.69) is 25.7 Å². The van der Waals surface area contributed by atoms with Gasteiger partial charge in [-0.1, -0.05) is 0 Å². The van der Waals surface area contributed by atoms with Gasteiger partial charge in [0.2, 0.25) is 0 Å². The molecule has 166 valence electrons. The fourth-order valence-corrected chi connectivity index (χ4v) is 4.23. The Bertz CT molecular complexity index is 1000. The number of hydrogen-bond donors (Lipinski definition) is 1. The van der Waals surface area contributed by atoms with Gasteiger partial charge >= 0.3 is 0 Å². The van der Waals surface area contributed by atoms with Crippen LogP contribution in [0.25, 0.3) is 10.6 Å². The predicted molar refractivity (Wildman–Crippen MR) is 133 cm³/mol. The van der Waals surface area contributed by atoms with E-state index in [4.69, 9.17) is 14.5 Å². The fourth-order valence-electron chi connectivity index (χ4n) is 3.41. The van der Waals surface area contributed by atoms with Gasteiger partial charge in [-0.3, -0.25) is 9.67 Å². The predicted octanol–water partition coefficient (Wildman–Crippen LogP) is 3.32. The molecule has 1 N–H and O–H groups in total. The molecule has 0 amide bonds. The van der Waals surface area contributed by atoms with Gasteiger partial charge in [-0.15, -0.1) is 35.3 Å². The SMILES string of the molecule is CN=C(NCc1csc(-c2ccc(OC)cc2)n1)N1CCOC(c2cnn(C)c2)C1.I. The lowest BCUT2D eigenvalue weighted by Crippen LogP contribution is -2.47. The second kappa shape index (κ2) is 10.9. The van der Waals surface area contributed by atoms with Gasteiger partial charge in [-0.2, -0.15) is 5.10 Å². The number of guanidine groups is 1. The number of hydrogen-bond acceptors (Lipinski definition) is 6. The van der Waals surface area contributed by atoms with Crippen molar-refractivity contribution in [3.05, 3.63) is 53.3 Å². The number of thiazole rings is 1. The number of ether oxygens (including phenoxy) is 2. The van der Waals surface area contributed by atoms with E-state index < -0.39 is 0 Å². The Morgan fingerprint density at radius 1 is 1.35 bits per heavy atom. The molecule has 0 aliphatic carbocycles. The summed E-state index contributed by atoms with van der Waals surface area (Å²) in [7, 11) is 5.39. The highest BCUT2D eigenvalue weighted by molar-refractivity contribution is 14.0. The topological polar surface area (TPSA) is 76.8 Å². The van der Waals surface area contributed by atoms with Crippen LogP contribution in [-0.2, 0) is 18.3 Å². The lowest BCUT2D eigenvalue weighted by Gasteiger charge is -2.34. The summed E-state index contributed by atoms with van der Waals surface area (Å²) in [6.45, 7) is 2.80. The van der Waals surface area contributed by atoms with E-state index in [0.29, 0.717) is 13.2 Å². The molecule has 1 aliphatic rings. The summed E-state index contributed by atoms with van der Waals surface area (Å²) in [5.41, 5.74) is 3.16. The normalized spacial score (nSPS) is 16.7. The average molecular weight is 554 g/mol. The molecule has 0 saturated carbocycles. The summed E-state index contributed by atoms with van der Waals surface area (Å²) in [5, 5.41) is 10.8. The number of nitrogens with one attached hydrogen (secondary N) is 1. The fraction of sp³-hybridized carbons (Fsp3) is 0.381. The van der Waals surface area contributed by atoms with Crippen molar-refractivity contribution >= 4 is 41.3 Å². The van der Waals surface area contributed by atoms with Gasteiger partial charge in [0.05, 0.1) is 38.7 Å². The quantitative estimate of drug-likeness (QED) is 0.297. The van der Waals surface area contributed by atoms with Crippen LogP contribution in [0.4, 0.5) is 0 Å². The van der Waals surface area contributed by atoms with E-state index in [1.165, 1.54) is 0 Å². The molecule has 1 fully saturated rings. The molecule has 3 aromatic rings. The molecule has 1 aliphatic heterocycles. The molecular formula is C21H27IN6O2S. The zero-order valence-corrected chi connectivity index (χ0v) is 21.0. The van der Waals surface area contributed by atoms with Crippen LogP contribution in [0.5, 0.6) is 5.75 Å². The highest BCUT2D eigenvalue weighted by Crippen LogP contribution is 2.26. The zero-order chi connectivity index (χ0) is 20.9. The lowest BCUT2D eigenvalue weighted by molar-refractivity contribution is -0.00805. The Morgan fingerprint density at radius 2 is 2.16 bits per heavy atom. The minimum Gasteiger partial charge on any atom is -0.497 e. The molecule has 31 heavy (non-hydrogen) atoms. The number of aromatic nitrogens is 3. The van der Waals surface area contributed by atoms with Gasteiger partial charge in [-0.05, 0) is 24.3 Å². The molecular weight excluding hydrogens is 527 g/mol. The van der Waals surface area contributed by atoms with E-state index in [1.54, 1.807) is 30.2 Å².